The number of nitrogens with zero attached hydrogens (tertiary/aromatic N) is 1. The second-order valence-corrected chi connectivity index (χ2v) is 6.61. The van der Waals surface area contributed by atoms with Gasteiger partial charge in [-0.25, -0.2) is 13.4 Å². The number of benzene rings is 1. The highest BCUT2D eigenvalue weighted by atomic mass is 127. The van der Waals surface area contributed by atoms with Crippen LogP contribution in [-0.2, 0) is 16.4 Å². The molecular weight excluding hydrogens is 413 g/mol. The fourth-order valence-corrected chi connectivity index (χ4v) is 2.83. The summed E-state index contributed by atoms with van der Waals surface area (Å²) in [5.74, 6) is 3.13. The van der Waals surface area contributed by atoms with Crippen LogP contribution in [0.2, 0.25) is 0 Å². The van der Waals surface area contributed by atoms with E-state index in [1.54, 1.807) is 19.1 Å². The Hall–Kier alpha value is -1.27. The predicted octanol–water partition coefficient (Wildman–Crippen LogP) is 1.70. The second-order valence-electron chi connectivity index (χ2n) is 4.62. The van der Waals surface area contributed by atoms with E-state index in [1.807, 2.05) is 13.0 Å². The summed E-state index contributed by atoms with van der Waals surface area (Å²) in [4.78, 5) is 4.76. The average Bonchev–Trinajstić information content (AvgIpc) is 2.40. The van der Waals surface area contributed by atoms with Crippen LogP contribution < -0.4 is 10.6 Å². The Labute approximate surface area is 149 Å². The van der Waals surface area contributed by atoms with Crippen LogP contribution in [0.3, 0.4) is 0 Å². The quantitative estimate of drug-likeness (QED) is 0.320. The second kappa shape index (κ2) is 9.69. The zero-order valence-corrected chi connectivity index (χ0v) is 16.2. The van der Waals surface area contributed by atoms with Crippen LogP contribution in [0.4, 0.5) is 0 Å². The van der Waals surface area contributed by atoms with Crippen LogP contribution in [0.15, 0.2) is 28.1 Å². The van der Waals surface area contributed by atoms with Crippen LogP contribution in [0, 0.1) is 19.3 Å². The van der Waals surface area contributed by atoms with Crippen LogP contribution in [0.1, 0.15) is 18.1 Å². The van der Waals surface area contributed by atoms with Crippen molar-refractivity contribution in [1.82, 2.24) is 10.6 Å². The molecule has 0 saturated heterocycles. The number of rotatable bonds is 5. The zero-order chi connectivity index (χ0) is 15.9. The van der Waals surface area contributed by atoms with Gasteiger partial charge in [0.2, 0.25) is 0 Å². The van der Waals surface area contributed by atoms with Gasteiger partial charge in [-0.1, -0.05) is 18.1 Å². The molecule has 1 rings (SSSR count). The largest absolute Gasteiger partial charge is 0.357 e. The van der Waals surface area contributed by atoms with E-state index in [9.17, 15) is 8.42 Å². The molecule has 0 amide bonds. The molecule has 7 heteroatoms. The minimum atomic E-state index is -3.18. The lowest BCUT2D eigenvalue weighted by Crippen LogP contribution is -2.37. The minimum absolute atomic E-state index is 0. The Morgan fingerprint density at radius 3 is 2.55 bits per heavy atom. The summed E-state index contributed by atoms with van der Waals surface area (Å²) in [6.45, 7) is 5.34. The summed E-state index contributed by atoms with van der Waals surface area (Å²) < 4.78 is 23.1. The molecule has 0 bridgehead atoms. The van der Waals surface area contributed by atoms with Crippen molar-refractivity contribution in [3.05, 3.63) is 29.3 Å². The van der Waals surface area contributed by atoms with Gasteiger partial charge >= 0.3 is 0 Å². The third-order valence-electron chi connectivity index (χ3n) is 2.76. The van der Waals surface area contributed by atoms with E-state index >= 15 is 0 Å². The van der Waals surface area contributed by atoms with Crippen molar-refractivity contribution in [3.63, 3.8) is 0 Å². The smallest absolute Gasteiger partial charge is 0.192 e. The van der Waals surface area contributed by atoms with Gasteiger partial charge in [0.05, 0.1) is 18.0 Å². The lowest BCUT2D eigenvalue weighted by molar-refractivity contribution is 0.601. The molecule has 0 unspecified atom stereocenters. The zero-order valence-electron chi connectivity index (χ0n) is 13.0. The molecule has 0 aliphatic rings. The van der Waals surface area contributed by atoms with Crippen molar-refractivity contribution >= 4 is 39.8 Å². The normalized spacial score (nSPS) is 11.3. The van der Waals surface area contributed by atoms with Crippen molar-refractivity contribution in [3.8, 4) is 12.3 Å². The number of hydrogen-bond acceptors (Lipinski definition) is 3. The number of aryl methyl sites for hydroxylation is 1. The van der Waals surface area contributed by atoms with Gasteiger partial charge < -0.3 is 10.6 Å². The van der Waals surface area contributed by atoms with E-state index in [0.717, 1.165) is 17.7 Å². The summed E-state index contributed by atoms with van der Waals surface area (Å²) in [6, 6.07) is 5.24. The summed E-state index contributed by atoms with van der Waals surface area (Å²) in [5, 5.41) is 6.08. The van der Waals surface area contributed by atoms with Gasteiger partial charge in [-0.15, -0.1) is 30.4 Å². The third kappa shape index (κ3) is 6.66. The molecule has 2 N–H and O–H groups in total. The SMILES string of the molecule is C#CCNC(=NCc1ccc(S(C)(=O)=O)c(C)c1)NCC.I. The first-order chi connectivity index (χ1) is 9.88. The number of halogens is 1. The molecule has 0 spiro atoms. The highest BCUT2D eigenvalue weighted by Gasteiger charge is 2.10. The van der Waals surface area contributed by atoms with E-state index in [1.165, 1.54) is 6.26 Å². The van der Waals surface area contributed by atoms with E-state index in [4.69, 9.17) is 6.42 Å². The summed E-state index contributed by atoms with van der Waals surface area (Å²) >= 11 is 0. The average molecular weight is 435 g/mol. The fourth-order valence-electron chi connectivity index (χ4n) is 1.87. The van der Waals surface area contributed by atoms with Gasteiger partial charge in [-0.3, -0.25) is 0 Å². The van der Waals surface area contributed by atoms with Crippen molar-refractivity contribution in [1.29, 1.82) is 0 Å². The molecule has 0 atom stereocenters. The van der Waals surface area contributed by atoms with Gasteiger partial charge in [0.15, 0.2) is 15.8 Å². The maximum Gasteiger partial charge on any atom is 0.192 e. The Morgan fingerprint density at radius 2 is 2.05 bits per heavy atom. The molecule has 0 aliphatic heterocycles. The molecule has 0 aliphatic carbocycles. The van der Waals surface area contributed by atoms with E-state index in [2.05, 4.69) is 21.5 Å². The van der Waals surface area contributed by atoms with E-state index in [0.29, 0.717) is 23.9 Å². The van der Waals surface area contributed by atoms with E-state index in [-0.39, 0.29) is 24.0 Å². The molecule has 122 valence electrons. The van der Waals surface area contributed by atoms with Crippen molar-refractivity contribution < 1.29 is 8.42 Å². The number of sulfone groups is 1. The Balaban J connectivity index is 0.00000441. The highest BCUT2D eigenvalue weighted by molar-refractivity contribution is 14.0. The molecule has 0 saturated carbocycles. The van der Waals surface area contributed by atoms with Crippen molar-refractivity contribution in [2.45, 2.75) is 25.3 Å². The lowest BCUT2D eigenvalue weighted by Gasteiger charge is -2.09. The summed E-state index contributed by atoms with van der Waals surface area (Å²) in [7, 11) is -3.18. The molecule has 22 heavy (non-hydrogen) atoms. The Morgan fingerprint density at radius 1 is 1.36 bits per heavy atom. The predicted molar refractivity (Wildman–Crippen MR) is 101 cm³/mol. The van der Waals surface area contributed by atoms with Gasteiger partial charge in [-0.2, -0.15) is 0 Å². The monoisotopic (exact) mass is 435 g/mol. The number of guanidine groups is 1. The van der Waals surface area contributed by atoms with Crippen molar-refractivity contribution in [2.75, 3.05) is 19.3 Å². The van der Waals surface area contributed by atoms with Crippen LogP contribution in [-0.4, -0.2) is 33.7 Å². The molecule has 0 heterocycles. The molecule has 0 radical (unpaired) electrons. The minimum Gasteiger partial charge on any atom is -0.357 e. The van der Waals surface area contributed by atoms with Crippen LogP contribution in [0.25, 0.3) is 0 Å². The van der Waals surface area contributed by atoms with Gasteiger partial charge in [-0.05, 0) is 31.0 Å². The topological polar surface area (TPSA) is 70.6 Å². The number of terminal acetylenes is 1. The first kappa shape index (κ1) is 20.7. The number of hydrogen-bond donors (Lipinski definition) is 2. The molecule has 1 aromatic carbocycles. The summed E-state index contributed by atoms with van der Waals surface area (Å²) in [6.07, 6.45) is 6.41. The first-order valence-corrected chi connectivity index (χ1v) is 8.52. The van der Waals surface area contributed by atoms with Crippen molar-refractivity contribution in [2.24, 2.45) is 4.99 Å². The van der Waals surface area contributed by atoms with Gasteiger partial charge in [0.25, 0.3) is 0 Å². The van der Waals surface area contributed by atoms with Gasteiger partial charge in [0.1, 0.15) is 0 Å². The Kier molecular flexibility index (Phi) is 9.13. The maximum absolute atomic E-state index is 11.6. The molecule has 1 aromatic rings. The van der Waals surface area contributed by atoms with Crippen LogP contribution >= 0.6 is 24.0 Å². The third-order valence-corrected chi connectivity index (χ3v) is 4.02. The fraction of sp³-hybridized carbons (Fsp3) is 0.400. The first-order valence-electron chi connectivity index (χ1n) is 6.63. The number of aliphatic imine (C=N–C) groups is 1. The van der Waals surface area contributed by atoms with E-state index < -0.39 is 9.84 Å². The Bertz CT molecular complexity index is 664. The molecule has 0 aromatic heterocycles. The standard InChI is InChI=1S/C15H21N3O2S.HI/c1-5-9-17-15(16-6-2)18-11-13-7-8-14(12(3)10-13)21(4,19)20;/h1,7-8,10H,6,9,11H2,2-4H3,(H2,16,17,18);1H. The van der Waals surface area contributed by atoms with Crippen LogP contribution in [0.5, 0.6) is 0 Å². The molecule has 0 fully saturated rings. The summed E-state index contributed by atoms with van der Waals surface area (Å²) in [5.41, 5.74) is 1.67. The molecule has 5 nitrogen and oxygen atoms in total. The maximum atomic E-state index is 11.6. The molecular formula is C15H22IN3O2S. The lowest BCUT2D eigenvalue weighted by atomic mass is 10.1. The highest BCUT2D eigenvalue weighted by Crippen LogP contribution is 2.17. The van der Waals surface area contributed by atoms with Gasteiger partial charge in [0, 0.05) is 12.8 Å². The number of nitrogens with one attached hydrogen (secondary N) is 2.